The predicted octanol–water partition coefficient (Wildman–Crippen LogP) is 5.24. The Bertz CT molecular complexity index is 1100. The van der Waals surface area contributed by atoms with Crippen molar-refractivity contribution in [2.75, 3.05) is 11.4 Å². The van der Waals surface area contributed by atoms with E-state index in [2.05, 4.69) is 4.98 Å². The number of halogens is 1. The van der Waals surface area contributed by atoms with Crippen LogP contribution < -0.4 is 4.90 Å². The molecule has 152 valence electrons. The normalized spacial score (nSPS) is 19.0. The minimum absolute atomic E-state index is 0.240. The fourth-order valence-electron chi connectivity index (χ4n) is 3.67. The zero-order valence-corrected chi connectivity index (χ0v) is 17.5. The van der Waals surface area contributed by atoms with Crippen LogP contribution in [0.4, 0.5) is 5.13 Å². The summed E-state index contributed by atoms with van der Waals surface area (Å²) < 4.78 is 0. The number of hydrogen-bond donors (Lipinski definition) is 1. The van der Waals surface area contributed by atoms with Crippen molar-refractivity contribution in [3.8, 4) is 11.3 Å². The van der Waals surface area contributed by atoms with E-state index in [0.29, 0.717) is 22.4 Å². The second-order valence-corrected chi connectivity index (χ2v) is 8.26. The van der Waals surface area contributed by atoms with Crippen molar-refractivity contribution < 1.29 is 14.7 Å². The number of anilines is 1. The highest BCUT2D eigenvalue weighted by Crippen LogP contribution is 2.36. The summed E-state index contributed by atoms with van der Waals surface area (Å²) in [5, 5.41) is 12.4. The molecule has 1 aliphatic rings. The number of carboxylic acids is 1. The number of rotatable bonds is 5. The molecule has 0 bridgehead atoms. The molecule has 1 aromatic heterocycles. The van der Waals surface area contributed by atoms with Gasteiger partial charge in [-0.05, 0) is 11.6 Å². The van der Waals surface area contributed by atoms with Gasteiger partial charge in [0.1, 0.15) is 0 Å². The zero-order valence-electron chi connectivity index (χ0n) is 15.9. The number of amides is 1. The van der Waals surface area contributed by atoms with Crippen LogP contribution in [0.25, 0.3) is 11.3 Å². The first-order valence-electron chi connectivity index (χ1n) is 9.50. The van der Waals surface area contributed by atoms with E-state index in [-0.39, 0.29) is 18.2 Å². The maximum atomic E-state index is 13.4. The van der Waals surface area contributed by atoms with Crippen molar-refractivity contribution in [1.29, 1.82) is 0 Å². The highest BCUT2D eigenvalue weighted by Gasteiger charge is 2.36. The van der Waals surface area contributed by atoms with Crippen LogP contribution in [0.2, 0.25) is 5.02 Å². The number of aromatic nitrogens is 1. The monoisotopic (exact) mass is 438 g/mol. The van der Waals surface area contributed by atoms with Gasteiger partial charge < -0.3 is 5.11 Å². The Morgan fingerprint density at radius 1 is 1.17 bits per heavy atom. The molecular weight excluding hydrogens is 420 g/mol. The molecule has 3 aromatic rings. The van der Waals surface area contributed by atoms with Gasteiger partial charge in [0.05, 0.1) is 18.0 Å². The average molecular weight is 439 g/mol. The third kappa shape index (κ3) is 4.15. The molecular formula is C23H19ClN2O3S. The highest BCUT2D eigenvalue weighted by molar-refractivity contribution is 7.14. The number of carbonyl (C=O) groups is 2. The zero-order chi connectivity index (χ0) is 21.1. The number of nitrogens with zero attached hydrogens (tertiary/aromatic N) is 2. The smallest absolute Gasteiger partial charge is 0.304 e. The molecule has 0 fully saturated rings. The van der Waals surface area contributed by atoms with Crippen molar-refractivity contribution in [3.63, 3.8) is 0 Å². The molecule has 2 atom stereocenters. The van der Waals surface area contributed by atoms with Gasteiger partial charge >= 0.3 is 5.97 Å². The summed E-state index contributed by atoms with van der Waals surface area (Å²) in [6.45, 7) is 0.341. The predicted molar refractivity (Wildman–Crippen MR) is 119 cm³/mol. The minimum atomic E-state index is -1.000. The van der Waals surface area contributed by atoms with Crippen LogP contribution in [0.3, 0.4) is 0 Å². The maximum absolute atomic E-state index is 13.4. The number of benzene rings is 2. The fourth-order valence-corrected chi connectivity index (χ4v) is 4.74. The van der Waals surface area contributed by atoms with Crippen molar-refractivity contribution in [1.82, 2.24) is 4.98 Å². The largest absolute Gasteiger partial charge is 0.481 e. The SMILES string of the molecule is O=C(O)C[C@H]1C(=O)N(c2nc(-c3ccccc3Cl)cs2)CC=C[C@@H]1c1ccccc1. The molecule has 0 spiro atoms. The van der Waals surface area contributed by atoms with Gasteiger partial charge in [-0.25, -0.2) is 4.98 Å². The van der Waals surface area contributed by atoms with Crippen LogP contribution in [-0.2, 0) is 9.59 Å². The number of thiazole rings is 1. The Balaban J connectivity index is 1.67. The van der Waals surface area contributed by atoms with E-state index in [4.69, 9.17) is 11.6 Å². The van der Waals surface area contributed by atoms with E-state index in [0.717, 1.165) is 11.1 Å². The topological polar surface area (TPSA) is 70.5 Å². The summed E-state index contributed by atoms with van der Waals surface area (Å²) in [5.74, 6) is -2.25. The van der Waals surface area contributed by atoms with Crippen LogP contribution in [0.15, 0.2) is 72.1 Å². The van der Waals surface area contributed by atoms with Gasteiger partial charge in [-0.15, -0.1) is 11.3 Å². The van der Waals surface area contributed by atoms with Gasteiger partial charge in [-0.3, -0.25) is 14.5 Å². The van der Waals surface area contributed by atoms with E-state index < -0.39 is 11.9 Å². The Labute approximate surface area is 183 Å². The van der Waals surface area contributed by atoms with Gasteiger partial charge in [-0.2, -0.15) is 0 Å². The summed E-state index contributed by atoms with van der Waals surface area (Å²) in [6, 6.07) is 16.9. The van der Waals surface area contributed by atoms with E-state index in [1.165, 1.54) is 11.3 Å². The third-order valence-corrected chi connectivity index (χ3v) is 6.29. The van der Waals surface area contributed by atoms with E-state index in [1.807, 2.05) is 66.1 Å². The van der Waals surface area contributed by atoms with Gasteiger partial charge in [0, 0.05) is 28.4 Å². The molecule has 5 nitrogen and oxygen atoms in total. The number of hydrogen-bond acceptors (Lipinski definition) is 4. The van der Waals surface area contributed by atoms with Gasteiger partial charge in [0.15, 0.2) is 5.13 Å². The Kier molecular flexibility index (Phi) is 5.97. The first-order chi connectivity index (χ1) is 14.5. The second kappa shape index (κ2) is 8.81. The van der Waals surface area contributed by atoms with Gasteiger partial charge in [0.25, 0.3) is 0 Å². The van der Waals surface area contributed by atoms with Gasteiger partial charge in [0.2, 0.25) is 5.91 Å². The summed E-state index contributed by atoms with van der Waals surface area (Å²) in [6.07, 6.45) is 3.60. The lowest BCUT2D eigenvalue weighted by molar-refractivity contribution is -0.140. The molecule has 1 N–H and O–H groups in total. The molecule has 1 aliphatic heterocycles. The van der Waals surface area contributed by atoms with Crippen molar-refractivity contribution in [2.24, 2.45) is 5.92 Å². The molecule has 2 heterocycles. The summed E-state index contributed by atoms with van der Waals surface area (Å²) >= 11 is 7.63. The summed E-state index contributed by atoms with van der Waals surface area (Å²) in [7, 11) is 0. The Hall–Kier alpha value is -2.96. The molecule has 30 heavy (non-hydrogen) atoms. The molecule has 0 unspecified atom stereocenters. The average Bonchev–Trinajstić information content (AvgIpc) is 3.16. The number of allylic oxidation sites excluding steroid dienone is 1. The van der Waals surface area contributed by atoms with Crippen LogP contribution in [0, 0.1) is 5.92 Å². The lowest BCUT2D eigenvalue weighted by atomic mass is 9.83. The van der Waals surface area contributed by atoms with E-state index in [1.54, 1.807) is 11.0 Å². The second-order valence-electron chi connectivity index (χ2n) is 7.01. The van der Waals surface area contributed by atoms with Crippen LogP contribution >= 0.6 is 22.9 Å². The van der Waals surface area contributed by atoms with Gasteiger partial charge in [-0.1, -0.05) is 72.3 Å². The quantitative estimate of drug-likeness (QED) is 0.553. The summed E-state index contributed by atoms with van der Waals surface area (Å²) in [5.41, 5.74) is 2.41. The molecule has 0 aliphatic carbocycles. The molecule has 1 amide bonds. The first-order valence-corrected chi connectivity index (χ1v) is 10.8. The molecule has 0 saturated heterocycles. The number of carboxylic acid groups (broad SMARTS) is 1. The van der Waals surface area contributed by atoms with Crippen molar-refractivity contribution >= 4 is 39.9 Å². The number of aliphatic carboxylic acids is 1. The molecule has 7 heteroatoms. The lowest BCUT2D eigenvalue weighted by Gasteiger charge is -2.25. The molecule has 4 rings (SSSR count). The summed E-state index contributed by atoms with van der Waals surface area (Å²) in [4.78, 5) is 31.2. The fraction of sp³-hybridized carbons (Fsp3) is 0.174. The van der Waals surface area contributed by atoms with E-state index in [9.17, 15) is 14.7 Å². The van der Waals surface area contributed by atoms with Crippen molar-refractivity contribution in [2.45, 2.75) is 12.3 Å². The van der Waals surface area contributed by atoms with Crippen LogP contribution in [0.5, 0.6) is 0 Å². The molecule has 2 aromatic carbocycles. The van der Waals surface area contributed by atoms with E-state index >= 15 is 0 Å². The maximum Gasteiger partial charge on any atom is 0.304 e. The number of carbonyl (C=O) groups excluding carboxylic acids is 1. The Morgan fingerprint density at radius 2 is 1.90 bits per heavy atom. The standard InChI is InChI=1S/C23H19ClN2O3S/c24-19-11-5-4-9-17(19)20-14-30-23(25-20)26-12-6-10-16(15-7-2-1-3-8-15)18(22(26)29)13-21(27)28/h1-11,14,16,18H,12-13H2,(H,27,28)/t16-,18-/m1/s1. The van der Waals surface area contributed by atoms with Crippen LogP contribution in [0.1, 0.15) is 17.9 Å². The lowest BCUT2D eigenvalue weighted by Crippen LogP contribution is -2.38. The highest BCUT2D eigenvalue weighted by atomic mass is 35.5. The van der Waals surface area contributed by atoms with Crippen molar-refractivity contribution in [3.05, 3.63) is 82.7 Å². The minimum Gasteiger partial charge on any atom is -0.481 e. The molecule has 0 saturated carbocycles. The Morgan fingerprint density at radius 3 is 2.63 bits per heavy atom. The third-order valence-electron chi connectivity index (χ3n) is 5.10. The molecule has 0 radical (unpaired) electrons. The van der Waals surface area contributed by atoms with Crippen LogP contribution in [-0.4, -0.2) is 28.5 Å². The first kappa shape index (κ1) is 20.3.